The third-order valence-electron chi connectivity index (χ3n) is 3.17. The number of nitrogens with two attached hydrogens (primary N) is 1. The molecule has 1 heterocycles. The summed E-state index contributed by atoms with van der Waals surface area (Å²) >= 11 is 0. The maximum Gasteiger partial charge on any atom is 0.245 e. The largest absolute Gasteiger partial charge is 0.379 e. The molecule has 2 amide bonds. The van der Waals surface area contributed by atoms with Crippen molar-refractivity contribution in [3.05, 3.63) is 0 Å². The number of nitrogens with one attached hydrogen (secondary N) is 1. The first kappa shape index (κ1) is 15.9. The molecule has 1 unspecified atom stereocenters. The molecule has 6 heteroatoms. The molecule has 0 bridgehead atoms. The summed E-state index contributed by atoms with van der Waals surface area (Å²) in [4.78, 5) is 25.7. The Morgan fingerprint density at radius 1 is 1.37 bits per heavy atom. The second-order valence-corrected chi connectivity index (χ2v) is 5.04. The fourth-order valence-corrected chi connectivity index (χ4v) is 2.08. The normalized spacial score (nSPS) is 22.3. The van der Waals surface area contributed by atoms with Gasteiger partial charge in [0.15, 0.2) is 0 Å². The van der Waals surface area contributed by atoms with Crippen molar-refractivity contribution in [2.45, 2.75) is 38.6 Å². The van der Waals surface area contributed by atoms with Gasteiger partial charge in [-0.25, -0.2) is 0 Å². The topological polar surface area (TPSA) is 84.7 Å². The molecule has 1 aliphatic heterocycles. The van der Waals surface area contributed by atoms with Crippen LogP contribution in [0.1, 0.15) is 33.1 Å². The summed E-state index contributed by atoms with van der Waals surface area (Å²) in [7, 11) is 0. The second kappa shape index (κ2) is 7.45. The van der Waals surface area contributed by atoms with E-state index in [0.717, 1.165) is 12.8 Å². The van der Waals surface area contributed by atoms with Gasteiger partial charge in [-0.3, -0.25) is 9.59 Å². The van der Waals surface area contributed by atoms with Crippen molar-refractivity contribution in [2.75, 3.05) is 32.8 Å². The highest BCUT2D eigenvalue weighted by Crippen LogP contribution is 2.18. The number of carbonyl (C=O) groups is 2. The first-order chi connectivity index (χ1) is 9.03. The highest BCUT2D eigenvalue weighted by molar-refractivity contribution is 5.90. The first-order valence-corrected chi connectivity index (χ1v) is 6.96. The lowest BCUT2D eigenvalue weighted by atomic mass is 9.98. The van der Waals surface area contributed by atoms with Gasteiger partial charge in [0, 0.05) is 19.7 Å². The van der Waals surface area contributed by atoms with Crippen molar-refractivity contribution in [3.63, 3.8) is 0 Å². The Balaban J connectivity index is 2.60. The minimum absolute atomic E-state index is 0.0750. The summed E-state index contributed by atoms with van der Waals surface area (Å²) in [6, 6.07) is 0. The van der Waals surface area contributed by atoms with Gasteiger partial charge in [0.1, 0.15) is 5.54 Å². The maximum atomic E-state index is 12.4. The van der Waals surface area contributed by atoms with Crippen molar-refractivity contribution >= 4 is 11.8 Å². The molecule has 0 aromatic heterocycles. The monoisotopic (exact) mass is 271 g/mol. The number of amides is 2. The van der Waals surface area contributed by atoms with Crippen molar-refractivity contribution < 1.29 is 14.3 Å². The van der Waals surface area contributed by atoms with Gasteiger partial charge in [0.05, 0.1) is 13.2 Å². The molecule has 0 spiro atoms. The summed E-state index contributed by atoms with van der Waals surface area (Å²) in [5.74, 6) is -0.315. The van der Waals surface area contributed by atoms with Crippen LogP contribution in [0.3, 0.4) is 0 Å². The van der Waals surface area contributed by atoms with Crippen LogP contribution in [0.15, 0.2) is 0 Å². The van der Waals surface area contributed by atoms with E-state index in [9.17, 15) is 9.59 Å². The van der Waals surface area contributed by atoms with Crippen molar-refractivity contribution in [2.24, 2.45) is 5.73 Å². The van der Waals surface area contributed by atoms with E-state index in [-0.39, 0.29) is 25.0 Å². The van der Waals surface area contributed by atoms with Gasteiger partial charge in [-0.15, -0.1) is 0 Å². The van der Waals surface area contributed by atoms with Gasteiger partial charge in [-0.05, 0) is 19.3 Å². The molecule has 0 aromatic carbocycles. The first-order valence-electron chi connectivity index (χ1n) is 6.96. The van der Waals surface area contributed by atoms with Crippen molar-refractivity contribution in [1.29, 1.82) is 0 Å². The number of hydrogen-bond acceptors (Lipinski definition) is 4. The lowest BCUT2D eigenvalue weighted by molar-refractivity contribution is -0.140. The zero-order valence-corrected chi connectivity index (χ0v) is 11.9. The van der Waals surface area contributed by atoms with Gasteiger partial charge in [0.25, 0.3) is 0 Å². The zero-order valence-electron chi connectivity index (χ0n) is 11.9. The summed E-state index contributed by atoms with van der Waals surface area (Å²) < 4.78 is 5.21. The Morgan fingerprint density at radius 3 is 2.63 bits per heavy atom. The maximum absolute atomic E-state index is 12.4. The third-order valence-corrected chi connectivity index (χ3v) is 3.17. The van der Waals surface area contributed by atoms with E-state index >= 15 is 0 Å². The Hall–Kier alpha value is -1.14. The standard InChI is InChI=1S/C13H25N3O3/c1-3-6-15-11(17)9-16(7-4-2)12(18)13(14)5-8-19-10-13/h3-10,14H2,1-2H3,(H,15,17). The summed E-state index contributed by atoms with van der Waals surface area (Å²) in [5.41, 5.74) is 5.10. The van der Waals surface area contributed by atoms with E-state index in [2.05, 4.69) is 5.32 Å². The van der Waals surface area contributed by atoms with E-state index in [1.54, 1.807) is 4.90 Å². The molecule has 1 atom stereocenters. The van der Waals surface area contributed by atoms with Crippen LogP contribution in [0.5, 0.6) is 0 Å². The molecule has 3 N–H and O–H groups in total. The molecule has 0 aliphatic carbocycles. The summed E-state index contributed by atoms with van der Waals surface area (Å²) in [6.07, 6.45) is 2.19. The van der Waals surface area contributed by atoms with E-state index < -0.39 is 5.54 Å². The molecule has 1 rings (SSSR count). The van der Waals surface area contributed by atoms with Crippen molar-refractivity contribution in [3.8, 4) is 0 Å². The molecule has 1 aliphatic rings. The highest BCUT2D eigenvalue weighted by atomic mass is 16.5. The molecular weight excluding hydrogens is 246 g/mol. The Bertz CT molecular complexity index is 314. The van der Waals surface area contributed by atoms with Crippen LogP contribution in [0, 0.1) is 0 Å². The van der Waals surface area contributed by atoms with Crippen LogP contribution in [0.25, 0.3) is 0 Å². The smallest absolute Gasteiger partial charge is 0.245 e. The molecule has 6 nitrogen and oxygen atoms in total. The minimum atomic E-state index is -0.958. The average Bonchev–Trinajstić information content (AvgIpc) is 2.83. The van der Waals surface area contributed by atoms with Gasteiger partial charge in [-0.2, -0.15) is 0 Å². The van der Waals surface area contributed by atoms with E-state index in [1.165, 1.54) is 0 Å². The van der Waals surface area contributed by atoms with Gasteiger partial charge >= 0.3 is 0 Å². The highest BCUT2D eigenvalue weighted by Gasteiger charge is 2.41. The van der Waals surface area contributed by atoms with E-state index in [0.29, 0.717) is 26.1 Å². The lowest BCUT2D eigenvalue weighted by Gasteiger charge is -2.30. The fraction of sp³-hybridized carbons (Fsp3) is 0.846. The molecule has 0 saturated carbocycles. The number of nitrogens with zero attached hydrogens (tertiary/aromatic N) is 1. The summed E-state index contributed by atoms with van der Waals surface area (Å²) in [6.45, 7) is 5.94. The van der Waals surface area contributed by atoms with Gasteiger partial charge < -0.3 is 20.7 Å². The van der Waals surface area contributed by atoms with Crippen LogP contribution >= 0.6 is 0 Å². The van der Waals surface area contributed by atoms with Crippen LogP contribution in [-0.4, -0.2) is 55.1 Å². The summed E-state index contributed by atoms with van der Waals surface area (Å²) in [5, 5.41) is 2.77. The number of carbonyl (C=O) groups excluding carboxylic acids is 2. The molecule has 1 saturated heterocycles. The number of rotatable bonds is 7. The number of hydrogen-bond donors (Lipinski definition) is 2. The Kier molecular flexibility index (Phi) is 6.24. The van der Waals surface area contributed by atoms with E-state index in [1.807, 2.05) is 13.8 Å². The molecule has 19 heavy (non-hydrogen) atoms. The molecule has 1 fully saturated rings. The Morgan fingerprint density at radius 2 is 2.11 bits per heavy atom. The van der Waals surface area contributed by atoms with Crippen LogP contribution in [-0.2, 0) is 14.3 Å². The van der Waals surface area contributed by atoms with Crippen molar-refractivity contribution in [1.82, 2.24) is 10.2 Å². The molecule has 0 radical (unpaired) electrons. The quantitative estimate of drug-likeness (QED) is 0.675. The van der Waals surface area contributed by atoms with E-state index in [4.69, 9.17) is 10.5 Å². The second-order valence-electron chi connectivity index (χ2n) is 5.04. The van der Waals surface area contributed by atoms with Crippen LogP contribution in [0.4, 0.5) is 0 Å². The fourth-order valence-electron chi connectivity index (χ4n) is 2.08. The van der Waals surface area contributed by atoms with Crippen LogP contribution < -0.4 is 11.1 Å². The zero-order chi connectivity index (χ0) is 14.3. The third kappa shape index (κ3) is 4.47. The molecular formula is C13H25N3O3. The molecule has 110 valence electrons. The average molecular weight is 271 g/mol. The van der Waals surface area contributed by atoms with Gasteiger partial charge in [0.2, 0.25) is 11.8 Å². The molecule has 0 aromatic rings. The van der Waals surface area contributed by atoms with Crippen LogP contribution in [0.2, 0.25) is 0 Å². The van der Waals surface area contributed by atoms with Gasteiger partial charge in [-0.1, -0.05) is 13.8 Å². The predicted octanol–water partition coefficient (Wildman–Crippen LogP) is -0.131. The minimum Gasteiger partial charge on any atom is -0.379 e. The Labute approximate surface area is 114 Å². The number of ether oxygens (including phenoxy) is 1. The lowest BCUT2D eigenvalue weighted by Crippen LogP contribution is -2.57. The predicted molar refractivity (Wildman–Crippen MR) is 72.5 cm³/mol. The SMILES string of the molecule is CCCNC(=O)CN(CCC)C(=O)C1(N)CCOC1.